The van der Waals surface area contributed by atoms with Crippen LogP contribution in [0.4, 0.5) is 9.18 Å². The normalized spacial score (nSPS) is 24.3. The molecule has 0 radical (unpaired) electrons. The molecule has 2 rings (SSSR count). The van der Waals surface area contributed by atoms with Gasteiger partial charge in [-0.25, -0.2) is 9.18 Å². The first-order chi connectivity index (χ1) is 9.01. The summed E-state index contributed by atoms with van der Waals surface area (Å²) in [6, 6.07) is 9.31. The van der Waals surface area contributed by atoms with E-state index in [1.165, 1.54) is 11.8 Å². The molecular weight excluding hydrogens is 249 g/mol. The predicted molar refractivity (Wildman–Crippen MR) is 68.3 cm³/mol. The monoisotopic (exact) mass is 267 g/mol. The number of carbonyl (C=O) groups excluding carboxylic acids is 1. The van der Waals surface area contributed by atoms with Gasteiger partial charge >= 0.3 is 6.09 Å². The summed E-state index contributed by atoms with van der Waals surface area (Å²) in [6.07, 6.45) is -1.48. The number of hydrogen-bond donors (Lipinski definition) is 1. The fraction of sp³-hybridized carbons (Fsp3) is 0.500. The summed E-state index contributed by atoms with van der Waals surface area (Å²) >= 11 is 0. The molecular formula is C14H18FNO3. The molecule has 1 aromatic rings. The van der Waals surface area contributed by atoms with Gasteiger partial charge in [-0.1, -0.05) is 30.3 Å². The lowest BCUT2D eigenvalue weighted by Crippen LogP contribution is -2.40. The second kappa shape index (κ2) is 5.57. The summed E-state index contributed by atoms with van der Waals surface area (Å²) in [5.41, 5.74) is -0.830. The first-order valence-electron chi connectivity index (χ1n) is 6.34. The Morgan fingerprint density at radius 2 is 2.21 bits per heavy atom. The molecule has 1 heterocycles. The van der Waals surface area contributed by atoms with Gasteiger partial charge in [0.25, 0.3) is 0 Å². The highest BCUT2D eigenvalue weighted by atomic mass is 19.1. The van der Waals surface area contributed by atoms with Gasteiger partial charge in [0.2, 0.25) is 0 Å². The largest absolute Gasteiger partial charge is 0.445 e. The van der Waals surface area contributed by atoms with Crippen molar-refractivity contribution >= 4 is 6.09 Å². The third-order valence-corrected chi connectivity index (χ3v) is 3.46. The van der Waals surface area contributed by atoms with E-state index in [1.54, 1.807) is 0 Å². The van der Waals surface area contributed by atoms with E-state index in [9.17, 15) is 14.3 Å². The Morgan fingerprint density at radius 3 is 2.79 bits per heavy atom. The van der Waals surface area contributed by atoms with Gasteiger partial charge in [-0.3, -0.25) is 0 Å². The number of ether oxygens (including phenoxy) is 1. The van der Waals surface area contributed by atoms with Crippen LogP contribution in [0.5, 0.6) is 0 Å². The van der Waals surface area contributed by atoms with E-state index < -0.39 is 17.9 Å². The molecule has 1 fully saturated rings. The molecule has 5 heteroatoms. The zero-order chi connectivity index (χ0) is 13.9. The van der Waals surface area contributed by atoms with Gasteiger partial charge in [-0.15, -0.1) is 0 Å². The number of benzene rings is 1. The number of rotatable bonds is 3. The maximum atomic E-state index is 14.1. The number of likely N-dealkylation sites (tertiary alicyclic amines) is 1. The first kappa shape index (κ1) is 13.8. The van der Waals surface area contributed by atoms with E-state index in [0.29, 0.717) is 0 Å². The molecule has 1 aliphatic rings. The van der Waals surface area contributed by atoms with Gasteiger partial charge in [-0.05, 0) is 12.5 Å². The van der Waals surface area contributed by atoms with Gasteiger partial charge in [0, 0.05) is 13.0 Å². The molecule has 0 aliphatic carbocycles. The first-order valence-corrected chi connectivity index (χ1v) is 6.34. The van der Waals surface area contributed by atoms with E-state index in [-0.39, 0.29) is 26.1 Å². The van der Waals surface area contributed by atoms with Crippen LogP contribution in [0.15, 0.2) is 30.3 Å². The number of alkyl halides is 1. The highest BCUT2D eigenvalue weighted by molar-refractivity contribution is 5.68. The molecule has 4 nitrogen and oxygen atoms in total. The van der Waals surface area contributed by atoms with Gasteiger partial charge in [0.1, 0.15) is 6.61 Å². The molecule has 1 amide bonds. The SMILES string of the molecule is C[C@H](O)[C@]1(F)CCN(C(=O)OCc2ccccc2)C1. The average molecular weight is 267 g/mol. The molecule has 0 saturated carbocycles. The molecule has 2 atom stereocenters. The lowest BCUT2D eigenvalue weighted by molar-refractivity contribution is 0.00904. The molecule has 0 aromatic heterocycles. The van der Waals surface area contributed by atoms with Crippen molar-refractivity contribution in [2.45, 2.75) is 31.7 Å². The summed E-state index contributed by atoms with van der Waals surface area (Å²) in [7, 11) is 0. The summed E-state index contributed by atoms with van der Waals surface area (Å²) in [5.74, 6) is 0. The smallest absolute Gasteiger partial charge is 0.410 e. The minimum atomic E-state index is -1.72. The lowest BCUT2D eigenvalue weighted by Gasteiger charge is -2.23. The molecule has 1 aliphatic heterocycles. The van der Waals surface area contributed by atoms with Gasteiger partial charge in [0.15, 0.2) is 5.67 Å². The van der Waals surface area contributed by atoms with Crippen molar-refractivity contribution in [2.24, 2.45) is 0 Å². The average Bonchev–Trinajstić information content (AvgIpc) is 2.81. The standard InChI is InChI=1S/C14H18FNO3/c1-11(17)14(15)7-8-16(10-14)13(18)19-9-12-5-3-2-4-6-12/h2-6,11,17H,7-10H2,1H3/t11-,14-/m0/s1. The molecule has 1 saturated heterocycles. The third kappa shape index (κ3) is 3.23. The van der Waals surface area contributed by atoms with Crippen LogP contribution in [0.3, 0.4) is 0 Å². The number of hydrogen-bond acceptors (Lipinski definition) is 3. The number of aliphatic hydroxyl groups is 1. The lowest BCUT2D eigenvalue weighted by atomic mass is 10.00. The molecule has 0 spiro atoms. The summed E-state index contributed by atoms with van der Waals surface area (Å²) in [6.45, 7) is 1.73. The predicted octanol–water partition coefficient (Wildman–Crippen LogP) is 2.12. The molecule has 0 unspecified atom stereocenters. The third-order valence-electron chi connectivity index (χ3n) is 3.46. The Hall–Kier alpha value is -1.62. The van der Waals surface area contributed by atoms with E-state index in [0.717, 1.165) is 5.56 Å². The van der Waals surface area contributed by atoms with Crippen LogP contribution in [0.2, 0.25) is 0 Å². The van der Waals surface area contributed by atoms with Crippen molar-refractivity contribution in [3.05, 3.63) is 35.9 Å². The maximum Gasteiger partial charge on any atom is 0.410 e. The van der Waals surface area contributed by atoms with Crippen LogP contribution in [0.25, 0.3) is 0 Å². The fourth-order valence-electron chi connectivity index (χ4n) is 2.10. The number of nitrogens with zero attached hydrogens (tertiary/aromatic N) is 1. The van der Waals surface area contributed by atoms with Crippen molar-refractivity contribution in [2.75, 3.05) is 13.1 Å². The number of amides is 1. The quantitative estimate of drug-likeness (QED) is 0.912. The van der Waals surface area contributed by atoms with Crippen molar-refractivity contribution in [3.63, 3.8) is 0 Å². The molecule has 1 aromatic carbocycles. The van der Waals surface area contributed by atoms with Crippen LogP contribution in [0.1, 0.15) is 18.9 Å². The van der Waals surface area contributed by atoms with Crippen LogP contribution in [0, 0.1) is 0 Å². The molecule has 19 heavy (non-hydrogen) atoms. The van der Waals surface area contributed by atoms with Crippen LogP contribution < -0.4 is 0 Å². The van der Waals surface area contributed by atoms with Gasteiger partial charge in [-0.2, -0.15) is 0 Å². The van der Waals surface area contributed by atoms with E-state index in [1.807, 2.05) is 30.3 Å². The Bertz CT molecular complexity index is 438. The molecule has 1 N–H and O–H groups in total. The fourth-order valence-corrected chi connectivity index (χ4v) is 2.10. The highest BCUT2D eigenvalue weighted by Gasteiger charge is 2.44. The second-order valence-corrected chi connectivity index (χ2v) is 4.92. The minimum absolute atomic E-state index is 0.113. The van der Waals surface area contributed by atoms with Crippen molar-refractivity contribution < 1.29 is 19.0 Å². The van der Waals surface area contributed by atoms with E-state index >= 15 is 0 Å². The Morgan fingerprint density at radius 1 is 1.53 bits per heavy atom. The van der Waals surface area contributed by atoms with Gasteiger partial charge < -0.3 is 14.7 Å². The maximum absolute atomic E-state index is 14.1. The second-order valence-electron chi connectivity index (χ2n) is 4.92. The molecule has 0 bridgehead atoms. The Kier molecular flexibility index (Phi) is 4.04. The van der Waals surface area contributed by atoms with Crippen molar-refractivity contribution in [1.29, 1.82) is 0 Å². The van der Waals surface area contributed by atoms with Crippen molar-refractivity contribution in [1.82, 2.24) is 4.90 Å². The van der Waals surface area contributed by atoms with Crippen LogP contribution >= 0.6 is 0 Å². The van der Waals surface area contributed by atoms with Crippen LogP contribution in [-0.2, 0) is 11.3 Å². The number of carbonyl (C=O) groups is 1. The summed E-state index contributed by atoms with van der Waals surface area (Å²) < 4.78 is 19.2. The van der Waals surface area contributed by atoms with Gasteiger partial charge in [0.05, 0.1) is 12.6 Å². The highest BCUT2D eigenvalue weighted by Crippen LogP contribution is 2.29. The Balaban J connectivity index is 1.85. The summed E-state index contributed by atoms with van der Waals surface area (Å²) in [5, 5.41) is 9.37. The van der Waals surface area contributed by atoms with Crippen LogP contribution in [-0.4, -0.2) is 41.0 Å². The van der Waals surface area contributed by atoms with Crippen molar-refractivity contribution in [3.8, 4) is 0 Å². The topological polar surface area (TPSA) is 49.8 Å². The Labute approximate surface area is 111 Å². The minimum Gasteiger partial charge on any atom is -0.445 e. The molecule has 104 valence electrons. The number of halogens is 1. The zero-order valence-corrected chi connectivity index (χ0v) is 10.9. The number of aliphatic hydroxyl groups excluding tert-OH is 1. The summed E-state index contributed by atoms with van der Waals surface area (Å²) in [4.78, 5) is 13.1. The van der Waals surface area contributed by atoms with E-state index in [4.69, 9.17) is 4.74 Å². The zero-order valence-electron chi connectivity index (χ0n) is 10.9. The van der Waals surface area contributed by atoms with E-state index in [2.05, 4.69) is 0 Å².